The normalized spacial score (nSPS) is 14.9. The Morgan fingerprint density at radius 3 is 2.05 bits per heavy atom. The zero-order valence-electron chi connectivity index (χ0n) is 13.3. The van der Waals surface area contributed by atoms with Crippen LogP contribution in [0.4, 0.5) is 0 Å². The minimum absolute atomic E-state index is 0.00972. The Morgan fingerprint density at radius 2 is 1.50 bits per heavy atom. The second kappa shape index (κ2) is 7.23. The number of hydrogen-bond donors (Lipinski definition) is 1. The molecule has 0 aliphatic carbocycles. The number of rotatable bonds is 5. The molecule has 22 heavy (non-hydrogen) atoms. The molecule has 0 radical (unpaired) electrons. The van der Waals surface area contributed by atoms with Gasteiger partial charge in [-0.25, -0.2) is 0 Å². The van der Waals surface area contributed by atoms with Gasteiger partial charge in [0.1, 0.15) is 12.1 Å². The van der Waals surface area contributed by atoms with Gasteiger partial charge in [-0.1, -0.05) is 60.2 Å². The van der Waals surface area contributed by atoms with Gasteiger partial charge >= 0.3 is 5.97 Å². The fraction of sp³-hybridized carbons (Fsp3) is 0.316. The standard InChI is InChI=1S/C19H23NO2/c1-13-9-11-17(12-10-13)18(16-7-5-4-6-8-16)15(3)22-19(21)14(2)20/h4-12,14-15,18H,20H2,1-3H3/t14-,15-,18+/m0/s1. The predicted molar refractivity (Wildman–Crippen MR) is 88.7 cm³/mol. The number of nitrogens with two attached hydrogens (primary N) is 1. The van der Waals surface area contributed by atoms with Crippen LogP contribution in [0.3, 0.4) is 0 Å². The first kappa shape index (κ1) is 16.2. The van der Waals surface area contributed by atoms with Gasteiger partial charge in [0.05, 0.1) is 0 Å². The molecule has 0 spiro atoms. The van der Waals surface area contributed by atoms with E-state index in [-0.39, 0.29) is 18.0 Å². The van der Waals surface area contributed by atoms with Gasteiger partial charge in [0, 0.05) is 5.92 Å². The van der Waals surface area contributed by atoms with Crippen molar-refractivity contribution in [3.05, 3.63) is 71.3 Å². The van der Waals surface area contributed by atoms with E-state index in [0.29, 0.717) is 0 Å². The third-order valence-electron chi connectivity index (χ3n) is 3.74. The topological polar surface area (TPSA) is 52.3 Å². The van der Waals surface area contributed by atoms with Gasteiger partial charge in [-0.2, -0.15) is 0 Å². The maximum absolute atomic E-state index is 11.8. The van der Waals surface area contributed by atoms with Crippen molar-refractivity contribution in [2.45, 2.75) is 38.8 Å². The molecule has 0 aromatic heterocycles. The SMILES string of the molecule is Cc1ccc([C@@H](c2ccccc2)[C@H](C)OC(=O)[C@H](C)N)cc1. The van der Waals surface area contributed by atoms with E-state index in [1.54, 1.807) is 6.92 Å². The molecule has 116 valence electrons. The molecule has 2 N–H and O–H groups in total. The smallest absolute Gasteiger partial charge is 0.322 e. The number of carbonyl (C=O) groups excluding carboxylic acids is 1. The van der Waals surface area contributed by atoms with E-state index in [9.17, 15) is 4.79 Å². The molecule has 0 amide bonds. The summed E-state index contributed by atoms with van der Waals surface area (Å²) in [4.78, 5) is 11.8. The number of ether oxygens (including phenoxy) is 1. The average molecular weight is 297 g/mol. The van der Waals surface area contributed by atoms with E-state index in [1.165, 1.54) is 5.56 Å². The van der Waals surface area contributed by atoms with Crippen molar-refractivity contribution in [3.8, 4) is 0 Å². The summed E-state index contributed by atoms with van der Waals surface area (Å²) in [5.41, 5.74) is 9.06. The van der Waals surface area contributed by atoms with Crippen LogP contribution < -0.4 is 5.73 Å². The summed E-state index contributed by atoms with van der Waals surface area (Å²) >= 11 is 0. The van der Waals surface area contributed by atoms with Crippen molar-refractivity contribution in [1.82, 2.24) is 0 Å². The van der Waals surface area contributed by atoms with Crippen molar-refractivity contribution in [2.75, 3.05) is 0 Å². The first-order valence-corrected chi connectivity index (χ1v) is 7.56. The van der Waals surface area contributed by atoms with Crippen LogP contribution in [0.15, 0.2) is 54.6 Å². The second-order valence-corrected chi connectivity index (χ2v) is 5.73. The lowest BCUT2D eigenvalue weighted by Crippen LogP contribution is -2.33. The molecule has 0 bridgehead atoms. The number of benzene rings is 2. The zero-order chi connectivity index (χ0) is 16.1. The number of carbonyl (C=O) groups is 1. The molecule has 0 heterocycles. The van der Waals surface area contributed by atoms with E-state index in [0.717, 1.165) is 11.1 Å². The Hall–Kier alpha value is -2.13. The van der Waals surface area contributed by atoms with Crippen molar-refractivity contribution in [3.63, 3.8) is 0 Å². The van der Waals surface area contributed by atoms with E-state index in [2.05, 4.69) is 43.3 Å². The molecular formula is C19H23NO2. The van der Waals surface area contributed by atoms with E-state index >= 15 is 0 Å². The van der Waals surface area contributed by atoms with Gasteiger partial charge in [-0.3, -0.25) is 4.79 Å². The summed E-state index contributed by atoms with van der Waals surface area (Å²) in [7, 11) is 0. The van der Waals surface area contributed by atoms with Crippen LogP contribution >= 0.6 is 0 Å². The lowest BCUT2D eigenvalue weighted by atomic mass is 9.87. The minimum atomic E-state index is -0.614. The highest BCUT2D eigenvalue weighted by Crippen LogP contribution is 2.30. The van der Waals surface area contributed by atoms with Crippen molar-refractivity contribution in [2.24, 2.45) is 5.73 Å². The summed E-state index contributed by atoms with van der Waals surface area (Å²) in [6, 6.07) is 17.8. The highest BCUT2D eigenvalue weighted by Gasteiger charge is 2.25. The fourth-order valence-corrected chi connectivity index (χ4v) is 2.53. The van der Waals surface area contributed by atoms with Gasteiger partial charge in [0.2, 0.25) is 0 Å². The third-order valence-corrected chi connectivity index (χ3v) is 3.74. The van der Waals surface area contributed by atoms with Crippen LogP contribution in [-0.2, 0) is 9.53 Å². The highest BCUT2D eigenvalue weighted by molar-refractivity contribution is 5.75. The van der Waals surface area contributed by atoms with E-state index in [1.807, 2.05) is 25.1 Å². The lowest BCUT2D eigenvalue weighted by molar-refractivity contribution is -0.149. The fourth-order valence-electron chi connectivity index (χ4n) is 2.53. The Kier molecular flexibility index (Phi) is 5.34. The van der Waals surface area contributed by atoms with Gasteiger partial charge < -0.3 is 10.5 Å². The Labute approximate surface area is 132 Å². The molecule has 0 saturated carbocycles. The average Bonchev–Trinajstić information content (AvgIpc) is 2.50. The monoisotopic (exact) mass is 297 g/mol. The first-order valence-electron chi connectivity index (χ1n) is 7.56. The third kappa shape index (κ3) is 3.95. The number of esters is 1. The molecule has 2 aromatic carbocycles. The largest absolute Gasteiger partial charge is 0.461 e. The molecule has 0 fully saturated rings. The first-order chi connectivity index (χ1) is 10.5. The quantitative estimate of drug-likeness (QED) is 0.861. The Balaban J connectivity index is 2.33. The second-order valence-electron chi connectivity index (χ2n) is 5.73. The molecule has 3 atom stereocenters. The minimum Gasteiger partial charge on any atom is -0.461 e. The number of aryl methyl sites for hydroxylation is 1. The van der Waals surface area contributed by atoms with Gasteiger partial charge in [0.15, 0.2) is 0 Å². The van der Waals surface area contributed by atoms with Crippen LogP contribution in [0.5, 0.6) is 0 Å². The Bertz CT molecular complexity index is 605. The summed E-state index contributed by atoms with van der Waals surface area (Å²) < 4.78 is 5.55. The maximum atomic E-state index is 11.8. The zero-order valence-corrected chi connectivity index (χ0v) is 13.3. The Morgan fingerprint density at radius 1 is 0.955 bits per heavy atom. The molecule has 3 nitrogen and oxygen atoms in total. The van der Waals surface area contributed by atoms with Crippen LogP contribution in [-0.4, -0.2) is 18.1 Å². The molecular weight excluding hydrogens is 274 g/mol. The van der Waals surface area contributed by atoms with Crippen LogP contribution in [0.1, 0.15) is 36.5 Å². The predicted octanol–water partition coefficient (Wildman–Crippen LogP) is 3.41. The molecule has 3 heteroatoms. The van der Waals surface area contributed by atoms with Gasteiger partial charge in [-0.15, -0.1) is 0 Å². The summed E-state index contributed by atoms with van der Waals surface area (Å²) in [6.45, 7) is 5.61. The van der Waals surface area contributed by atoms with Crippen LogP contribution in [0, 0.1) is 6.92 Å². The molecule has 0 saturated heterocycles. The summed E-state index contributed by atoms with van der Waals surface area (Å²) in [5.74, 6) is -0.384. The maximum Gasteiger partial charge on any atom is 0.322 e. The number of hydrogen-bond acceptors (Lipinski definition) is 3. The summed E-state index contributed by atoms with van der Waals surface area (Å²) in [6.07, 6.45) is -0.288. The van der Waals surface area contributed by atoms with E-state index in [4.69, 9.17) is 10.5 Å². The lowest BCUT2D eigenvalue weighted by Gasteiger charge is -2.26. The molecule has 2 aromatic rings. The van der Waals surface area contributed by atoms with Crippen LogP contribution in [0.2, 0.25) is 0 Å². The summed E-state index contributed by atoms with van der Waals surface area (Å²) in [5, 5.41) is 0. The van der Waals surface area contributed by atoms with Crippen molar-refractivity contribution < 1.29 is 9.53 Å². The highest BCUT2D eigenvalue weighted by atomic mass is 16.5. The van der Waals surface area contributed by atoms with E-state index < -0.39 is 6.04 Å². The van der Waals surface area contributed by atoms with Crippen molar-refractivity contribution >= 4 is 5.97 Å². The van der Waals surface area contributed by atoms with Crippen LogP contribution in [0.25, 0.3) is 0 Å². The van der Waals surface area contributed by atoms with Gasteiger partial charge in [-0.05, 0) is 31.9 Å². The molecule has 0 aliphatic rings. The van der Waals surface area contributed by atoms with Crippen molar-refractivity contribution in [1.29, 1.82) is 0 Å². The molecule has 2 rings (SSSR count). The van der Waals surface area contributed by atoms with Gasteiger partial charge in [0.25, 0.3) is 0 Å². The molecule has 0 aliphatic heterocycles. The molecule has 0 unspecified atom stereocenters.